The van der Waals surface area contributed by atoms with Gasteiger partial charge in [-0.05, 0) is 18.8 Å². The zero-order valence-electron chi connectivity index (χ0n) is 9.72. The SMILES string of the molecule is CC(CBr)CNS(=O)(=O)C1CCS(=O)(=O)CC1. The van der Waals surface area contributed by atoms with Gasteiger partial charge in [0.2, 0.25) is 10.0 Å². The summed E-state index contributed by atoms with van der Waals surface area (Å²) in [4.78, 5) is 0. The van der Waals surface area contributed by atoms with Crippen LogP contribution in [0.5, 0.6) is 0 Å². The highest BCUT2D eigenvalue weighted by atomic mass is 79.9. The van der Waals surface area contributed by atoms with Crippen LogP contribution in [0.4, 0.5) is 0 Å². The molecule has 17 heavy (non-hydrogen) atoms. The molecule has 1 heterocycles. The molecule has 0 aromatic rings. The van der Waals surface area contributed by atoms with Gasteiger partial charge in [-0.2, -0.15) is 0 Å². The van der Waals surface area contributed by atoms with Gasteiger partial charge < -0.3 is 0 Å². The maximum Gasteiger partial charge on any atom is 0.214 e. The van der Waals surface area contributed by atoms with Crippen LogP contribution in [0.15, 0.2) is 0 Å². The van der Waals surface area contributed by atoms with Crippen molar-refractivity contribution >= 4 is 35.8 Å². The first-order valence-electron chi connectivity index (χ1n) is 5.52. The van der Waals surface area contributed by atoms with Crippen molar-refractivity contribution in [2.75, 3.05) is 23.4 Å². The molecule has 0 aromatic carbocycles. The Labute approximate surface area is 111 Å². The maximum absolute atomic E-state index is 11.9. The molecule has 0 aromatic heterocycles. The Morgan fingerprint density at radius 1 is 1.35 bits per heavy atom. The predicted molar refractivity (Wildman–Crippen MR) is 71.6 cm³/mol. The van der Waals surface area contributed by atoms with Crippen molar-refractivity contribution in [2.24, 2.45) is 5.92 Å². The average Bonchev–Trinajstić information content (AvgIpc) is 2.25. The summed E-state index contributed by atoms with van der Waals surface area (Å²) in [7, 11) is -6.39. The normalized spacial score (nSPS) is 23.4. The van der Waals surface area contributed by atoms with Gasteiger partial charge in [-0.15, -0.1) is 0 Å². The summed E-state index contributed by atoms with van der Waals surface area (Å²) in [6.07, 6.45) is 0.417. The van der Waals surface area contributed by atoms with Crippen molar-refractivity contribution in [1.29, 1.82) is 0 Å². The van der Waals surface area contributed by atoms with E-state index in [0.29, 0.717) is 6.54 Å². The number of rotatable bonds is 5. The molecule has 102 valence electrons. The van der Waals surface area contributed by atoms with E-state index in [1.54, 1.807) is 0 Å². The van der Waals surface area contributed by atoms with E-state index in [1.165, 1.54) is 0 Å². The first-order chi connectivity index (χ1) is 7.77. The standard InChI is InChI=1S/C9H18BrNO4S2/c1-8(6-10)7-11-17(14,15)9-2-4-16(12,13)5-3-9/h8-9,11H,2-7H2,1H3. The third-order valence-corrected chi connectivity index (χ3v) is 7.58. The second-order valence-corrected chi connectivity index (χ2v) is 9.50. The smallest absolute Gasteiger partial charge is 0.214 e. The van der Waals surface area contributed by atoms with Crippen LogP contribution in [0.3, 0.4) is 0 Å². The largest absolute Gasteiger partial charge is 0.229 e. The molecule has 1 saturated heterocycles. The van der Waals surface area contributed by atoms with Crippen LogP contribution in [0, 0.1) is 5.92 Å². The van der Waals surface area contributed by atoms with E-state index in [0.717, 1.165) is 5.33 Å². The van der Waals surface area contributed by atoms with Crippen LogP contribution in [0.25, 0.3) is 0 Å². The van der Waals surface area contributed by atoms with Crippen LogP contribution in [0.1, 0.15) is 19.8 Å². The van der Waals surface area contributed by atoms with Crippen LogP contribution in [-0.2, 0) is 19.9 Å². The van der Waals surface area contributed by atoms with Gasteiger partial charge in [0.15, 0.2) is 0 Å². The molecule has 5 nitrogen and oxygen atoms in total. The summed E-state index contributed by atoms with van der Waals surface area (Å²) >= 11 is 3.28. The fourth-order valence-corrected chi connectivity index (χ4v) is 5.24. The molecule has 8 heteroatoms. The quantitative estimate of drug-likeness (QED) is 0.735. The Kier molecular flexibility index (Phi) is 5.42. The molecule has 1 rings (SSSR count). The van der Waals surface area contributed by atoms with E-state index in [-0.39, 0.29) is 30.3 Å². The van der Waals surface area contributed by atoms with E-state index in [9.17, 15) is 16.8 Å². The predicted octanol–water partition coefficient (Wildman–Crippen LogP) is 0.514. The van der Waals surface area contributed by atoms with Crippen LogP contribution < -0.4 is 4.72 Å². The average molecular weight is 348 g/mol. The zero-order chi connectivity index (χ0) is 13.1. The Bertz CT molecular complexity index is 432. The van der Waals surface area contributed by atoms with Crippen molar-refractivity contribution in [3.8, 4) is 0 Å². The minimum absolute atomic E-state index is 0.0213. The van der Waals surface area contributed by atoms with Crippen LogP contribution in [-0.4, -0.2) is 45.5 Å². The summed E-state index contributed by atoms with van der Waals surface area (Å²) in [6.45, 7) is 2.32. The first kappa shape index (κ1) is 15.4. The van der Waals surface area contributed by atoms with Crippen molar-refractivity contribution in [3.05, 3.63) is 0 Å². The van der Waals surface area contributed by atoms with E-state index >= 15 is 0 Å². The molecule has 0 bridgehead atoms. The Morgan fingerprint density at radius 2 is 1.88 bits per heavy atom. The number of nitrogens with one attached hydrogen (secondary N) is 1. The molecule has 1 fully saturated rings. The molecule has 0 amide bonds. The van der Waals surface area contributed by atoms with Crippen molar-refractivity contribution in [1.82, 2.24) is 4.72 Å². The third-order valence-electron chi connectivity index (χ3n) is 2.84. The highest BCUT2D eigenvalue weighted by molar-refractivity contribution is 9.09. The lowest BCUT2D eigenvalue weighted by Gasteiger charge is -2.22. The number of hydrogen-bond acceptors (Lipinski definition) is 4. The number of sulfone groups is 1. The third kappa shape index (κ3) is 4.84. The lowest BCUT2D eigenvalue weighted by molar-refractivity contribution is 0.532. The summed E-state index contributed by atoms with van der Waals surface area (Å²) in [5.41, 5.74) is 0. The molecule has 0 radical (unpaired) electrons. The molecule has 0 aliphatic carbocycles. The molecule has 0 spiro atoms. The lowest BCUT2D eigenvalue weighted by Crippen LogP contribution is -2.41. The minimum atomic E-state index is -3.37. The van der Waals surface area contributed by atoms with Gasteiger partial charge in [0.05, 0.1) is 16.8 Å². The topological polar surface area (TPSA) is 80.3 Å². The van der Waals surface area contributed by atoms with Crippen molar-refractivity contribution in [2.45, 2.75) is 25.0 Å². The second-order valence-electron chi connectivity index (χ2n) is 4.50. The van der Waals surface area contributed by atoms with Gasteiger partial charge in [-0.25, -0.2) is 21.6 Å². The van der Waals surface area contributed by atoms with Gasteiger partial charge >= 0.3 is 0 Å². The summed E-state index contributed by atoms with van der Waals surface area (Å²) < 4.78 is 48.8. The number of sulfonamides is 1. The number of alkyl halides is 1. The van der Waals surface area contributed by atoms with E-state index in [2.05, 4.69) is 20.7 Å². The molecule has 1 aliphatic heterocycles. The van der Waals surface area contributed by atoms with Gasteiger partial charge in [0, 0.05) is 11.9 Å². The molecule has 1 unspecified atom stereocenters. The fraction of sp³-hybridized carbons (Fsp3) is 1.00. The molecule has 1 atom stereocenters. The van der Waals surface area contributed by atoms with Crippen LogP contribution >= 0.6 is 15.9 Å². The summed E-state index contributed by atoms with van der Waals surface area (Å²) in [5, 5.41) is 0.169. The number of halogens is 1. The summed E-state index contributed by atoms with van der Waals surface area (Å²) in [6, 6.07) is 0. The highest BCUT2D eigenvalue weighted by Gasteiger charge is 2.32. The van der Waals surface area contributed by atoms with Crippen molar-refractivity contribution in [3.63, 3.8) is 0 Å². The first-order valence-corrected chi connectivity index (χ1v) is 10.0. The Balaban J connectivity index is 2.55. The molecule has 0 saturated carbocycles. The molecular weight excluding hydrogens is 330 g/mol. The van der Waals surface area contributed by atoms with Gasteiger partial charge in [-0.3, -0.25) is 0 Å². The van der Waals surface area contributed by atoms with Gasteiger partial charge in [0.25, 0.3) is 0 Å². The molecule has 1 aliphatic rings. The molecular formula is C9H18BrNO4S2. The van der Waals surface area contributed by atoms with E-state index in [4.69, 9.17) is 0 Å². The Hall–Kier alpha value is 0.340. The fourth-order valence-electron chi connectivity index (χ4n) is 1.61. The van der Waals surface area contributed by atoms with Gasteiger partial charge in [0.1, 0.15) is 9.84 Å². The minimum Gasteiger partial charge on any atom is -0.229 e. The second kappa shape index (κ2) is 5.99. The summed E-state index contributed by atoms with van der Waals surface area (Å²) in [5.74, 6) is 0.177. The van der Waals surface area contributed by atoms with Crippen LogP contribution in [0.2, 0.25) is 0 Å². The van der Waals surface area contributed by atoms with Crippen molar-refractivity contribution < 1.29 is 16.8 Å². The Morgan fingerprint density at radius 3 is 2.35 bits per heavy atom. The lowest BCUT2D eigenvalue weighted by atomic mass is 10.2. The van der Waals surface area contributed by atoms with Gasteiger partial charge in [-0.1, -0.05) is 22.9 Å². The van der Waals surface area contributed by atoms with E-state index in [1.807, 2.05) is 6.92 Å². The maximum atomic E-state index is 11.9. The van der Waals surface area contributed by atoms with E-state index < -0.39 is 25.1 Å². The highest BCUT2D eigenvalue weighted by Crippen LogP contribution is 2.18. The number of hydrogen-bond donors (Lipinski definition) is 1. The molecule has 1 N–H and O–H groups in total. The monoisotopic (exact) mass is 347 g/mol. The zero-order valence-corrected chi connectivity index (χ0v) is 12.9.